The molecule has 2 aliphatic rings. The highest BCUT2D eigenvalue weighted by molar-refractivity contribution is 9.10. The van der Waals surface area contributed by atoms with Gasteiger partial charge in [0.1, 0.15) is 5.75 Å². The number of benzene rings is 1. The topological polar surface area (TPSA) is 36.0 Å². The molecule has 0 N–H and O–H groups in total. The van der Waals surface area contributed by atoms with Crippen molar-refractivity contribution in [1.82, 2.24) is 14.7 Å². The third-order valence-electron chi connectivity index (χ3n) is 5.31. The fourth-order valence-electron chi connectivity index (χ4n) is 3.80. The fourth-order valence-corrected chi connectivity index (χ4v) is 4.21. The molecule has 2 saturated heterocycles. The highest BCUT2D eigenvalue weighted by Crippen LogP contribution is 2.27. The molecular formula is C19H28BrN3O2. The van der Waals surface area contributed by atoms with Crippen molar-refractivity contribution in [1.29, 1.82) is 0 Å². The number of ether oxygens (including phenoxy) is 1. The van der Waals surface area contributed by atoms with Gasteiger partial charge in [0.2, 0.25) is 5.91 Å². The van der Waals surface area contributed by atoms with Crippen molar-refractivity contribution in [2.75, 3.05) is 53.4 Å². The summed E-state index contributed by atoms with van der Waals surface area (Å²) in [5.74, 6) is 1.39. The van der Waals surface area contributed by atoms with Crippen LogP contribution >= 0.6 is 15.9 Å². The minimum Gasteiger partial charge on any atom is -0.496 e. The van der Waals surface area contributed by atoms with E-state index in [4.69, 9.17) is 4.74 Å². The number of piperidine rings is 1. The Bertz CT molecular complexity index is 602. The van der Waals surface area contributed by atoms with Gasteiger partial charge in [-0.25, -0.2) is 0 Å². The Kier molecular flexibility index (Phi) is 6.36. The zero-order valence-corrected chi connectivity index (χ0v) is 16.8. The molecule has 2 fully saturated rings. The van der Waals surface area contributed by atoms with E-state index in [-0.39, 0.29) is 5.92 Å². The van der Waals surface area contributed by atoms with Crippen LogP contribution in [0.2, 0.25) is 0 Å². The number of hydrogen-bond donors (Lipinski definition) is 0. The maximum Gasteiger partial charge on any atom is 0.227 e. The molecule has 3 rings (SSSR count). The molecule has 6 heteroatoms. The van der Waals surface area contributed by atoms with Crippen molar-refractivity contribution >= 4 is 21.8 Å². The second-order valence-corrected chi connectivity index (χ2v) is 8.07. The first-order valence-corrected chi connectivity index (χ1v) is 9.88. The molecule has 0 bridgehead atoms. The van der Waals surface area contributed by atoms with Gasteiger partial charge >= 0.3 is 0 Å². The van der Waals surface area contributed by atoms with Gasteiger partial charge in [0, 0.05) is 49.3 Å². The van der Waals surface area contributed by atoms with Gasteiger partial charge in [0.25, 0.3) is 0 Å². The lowest BCUT2D eigenvalue weighted by Crippen LogP contribution is -2.51. The number of carbonyl (C=O) groups is 1. The van der Waals surface area contributed by atoms with E-state index >= 15 is 0 Å². The highest BCUT2D eigenvalue weighted by Gasteiger charge is 2.30. The average Bonchev–Trinajstić information content (AvgIpc) is 2.62. The van der Waals surface area contributed by atoms with Gasteiger partial charge in [-0.1, -0.05) is 15.9 Å². The summed E-state index contributed by atoms with van der Waals surface area (Å²) in [7, 11) is 3.83. The maximum absolute atomic E-state index is 12.9. The summed E-state index contributed by atoms with van der Waals surface area (Å²) in [5, 5.41) is 0. The number of piperazine rings is 1. The van der Waals surface area contributed by atoms with Gasteiger partial charge < -0.3 is 14.5 Å². The number of nitrogens with zero attached hydrogens (tertiary/aromatic N) is 3. The molecule has 25 heavy (non-hydrogen) atoms. The van der Waals surface area contributed by atoms with E-state index in [1.165, 1.54) is 5.56 Å². The molecule has 0 spiro atoms. The molecule has 0 aliphatic carbocycles. The van der Waals surface area contributed by atoms with Crippen molar-refractivity contribution in [2.45, 2.75) is 19.4 Å². The van der Waals surface area contributed by atoms with Crippen molar-refractivity contribution < 1.29 is 9.53 Å². The normalized spacial score (nSPS) is 22.8. The van der Waals surface area contributed by atoms with E-state index in [0.29, 0.717) is 5.91 Å². The summed E-state index contributed by atoms with van der Waals surface area (Å²) in [6.45, 7) is 6.42. The summed E-state index contributed by atoms with van der Waals surface area (Å²) >= 11 is 3.54. The SMILES string of the molecule is COc1ccc(Br)cc1CN1CCC[C@@H](C(=O)N2CCN(C)CC2)C1. The highest BCUT2D eigenvalue weighted by atomic mass is 79.9. The lowest BCUT2D eigenvalue weighted by Gasteiger charge is -2.38. The van der Waals surface area contributed by atoms with Gasteiger partial charge in [-0.2, -0.15) is 0 Å². The molecule has 1 aromatic rings. The number of rotatable bonds is 4. The summed E-state index contributed by atoms with van der Waals surface area (Å²) in [5.41, 5.74) is 1.17. The fraction of sp³-hybridized carbons (Fsp3) is 0.632. The van der Waals surface area contributed by atoms with E-state index in [1.807, 2.05) is 12.1 Å². The first kappa shape index (κ1) is 18.7. The zero-order valence-electron chi connectivity index (χ0n) is 15.2. The third kappa shape index (κ3) is 4.74. The average molecular weight is 410 g/mol. The predicted octanol–water partition coefficient (Wildman–Crippen LogP) is 2.44. The summed E-state index contributed by atoms with van der Waals surface area (Å²) < 4.78 is 6.55. The van der Waals surface area contributed by atoms with Crippen LogP contribution in [-0.4, -0.2) is 74.0 Å². The Morgan fingerprint density at radius 2 is 2.00 bits per heavy atom. The van der Waals surface area contributed by atoms with Gasteiger partial charge in [0.05, 0.1) is 13.0 Å². The summed E-state index contributed by atoms with van der Waals surface area (Å²) in [6, 6.07) is 6.11. The van der Waals surface area contributed by atoms with E-state index in [0.717, 1.165) is 68.9 Å². The lowest BCUT2D eigenvalue weighted by atomic mass is 9.95. The molecule has 1 atom stereocenters. The molecule has 0 unspecified atom stereocenters. The van der Waals surface area contributed by atoms with Crippen LogP contribution in [0.15, 0.2) is 22.7 Å². The number of hydrogen-bond acceptors (Lipinski definition) is 4. The molecule has 2 aliphatic heterocycles. The third-order valence-corrected chi connectivity index (χ3v) is 5.80. The van der Waals surface area contributed by atoms with Crippen molar-refractivity contribution in [3.05, 3.63) is 28.2 Å². The largest absolute Gasteiger partial charge is 0.496 e. The number of likely N-dealkylation sites (tertiary alicyclic amines) is 1. The second kappa shape index (κ2) is 8.52. The number of amides is 1. The Morgan fingerprint density at radius 1 is 1.24 bits per heavy atom. The zero-order chi connectivity index (χ0) is 17.8. The molecule has 0 radical (unpaired) electrons. The summed E-state index contributed by atoms with van der Waals surface area (Å²) in [6.07, 6.45) is 2.09. The molecule has 0 saturated carbocycles. The first-order chi connectivity index (χ1) is 12.1. The van der Waals surface area contributed by atoms with Crippen LogP contribution in [0, 0.1) is 5.92 Å². The standard InChI is InChI=1S/C19H28BrN3O2/c1-21-8-10-23(11-9-21)19(24)15-4-3-7-22(13-15)14-16-12-17(20)5-6-18(16)25-2/h5-6,12,15H,3-4,7-11,13-14H2,1-2H3/t15-/m1/s1. The molecule has 1 aromatic carbocycles. The molecule has 2 heterocycles. The molecule has 1 amide bonds. The molecular weight excluding hydrogens is 382 g/mol. The lowest BCUT2D eigenvalue weighted by molar-refractivity contribution is -0.139. The van der Waals surface area contributed by atoms with Crippen molar-refractivity contribution in [3.8, 4) is 5.75 Å². The Hall–Kier alpha value is -1.11. The number of carbonyl (C=O) groups excluding carboxylic acids is 1. The van der Waals surface area contributed by atoms with Gasteiger partial charge in [0.15, 0.2) is 0 Å². The Labute approximate surface area is 159 Å². The summed E-state index contributed by atoms with van der Waals surface area (Å²) in [4.78, 5) is 19.6. The van der Waals surface area contributed by atoms with Crippen molar-refractivity contribution in [3.63, 3.8) is 0 Å². The van der Waals surface area contributed by atoms with E-state index in [9.17, 15) is 4.79 Å². The maximum atomic E-state index is 12.9. The van der Waals surface area contributed by atoms with Crippen LogP contribution < -0.4 is 4.74 Å². The Morgan fingerprint density at radius 3 is 2.72 bits per heavy atom. The minimum atomic E-state index is 0.135. The monoisotopic (exact) mass is 409 g/mol. The van der Waals surface area contributed by atoms with Crippen LogP contribution in [0.25, 0.3) is 0 Å². The van der Waals surface area contributed by atoms with Crippen LogP contribution in [0.4, 0.5) is 0 Å². The van der Waals surface area contributed by atoms with Crippen LogP contribution in [0.1, 0.15) is 18.4 Å². The van der Waals surface area contributed by atoms with Gasteiger partial charge in [-0.3, -0.25) is 9.69 Å². The number of halogens is 1. The van der Waals surface area contributed by atoms with Crippen LogP contribution in [0.5, 0.6) is 5.75 Å². The van der Waals surface area contributed by atoms with E-state index < -0.39 is 0 Å². The van der Waals surface area contributed by atoms with E-state index in [1.54, 1.807) is 7.11 Å². The molecule has 0 aromatic heterocycles. The van der Waals surface area contributed by atoms with Gasteiger partial charge in [-0.15, -0.1) is 0 Å². The smallest absolute Gasteiger partial charge is 0.227 e. The van der Waals surface area contributed by atoms with E-state index in [2.05, 4.69) is 43.7 Å². The molecule has 138 valence electrons. The first-order valence-electron chi connectivity index (χ1n) is 9.09. The van der Waals surface area contributed by atoms with Gasteiger partial charge in [-0.05, 0) is 44.6 Å². The van der Waals surface area contributed by atoms with Crippen LogP contribution in [0.3, 0.4) is 0 Å². The minimum absolute atomic E-state index is 0.135. The predicted molar refractivity (Wildman–Crippen MR) is 103 cm³/mol. The number of likely N-dealkylation sites (N-methyl/N-ethyl adjacent to an activating group) is 1. The quantitative estimate of drug-likeness (QED) is 0.764. The molecule has 5 nitrogen and oxygen atoms in total. The van der Waals surface area contributed by atoms with Crippen molar-refractivity contribution in [2.24, 2.45) is 5.92 Å². The Balaban J connectivity index is 1.61. The number of methoxy groups -OCH3 is 1. The van der Waals surface area contributed by atoms with Crippen LogP contribution in [-0.2, 0) is 11.3 Å². The second-order valence-electron chi connectivity index (χ2n) is 7.16.